The van der Waals surface area contributed by atoms with Gasteiger partial charge < -0.3 is 14.8 Å². The summed E-state index contributed by atoms with van der Waals surface area (Å²) in [4.78, 5) is 39.7. The molecule has 6 heteroatoms. The second kappa shape index (κ2) is 7.13. The Balaban J connectivity index is 1.38. The molecule has 1 aromatic heterocycles. The predicted octanol–water partition coefficient (Wildman–Crippen LogP) is 1.93. The van der Waals surface area contributed by atoms with Crippen LogP contribution in [0.15, 0.2) is 23.1 Å². The highest BCUT2D eigenvalue weighted by atomic mass is 16.2. The number of nitrogens with one attached hydrogen (secondary N) is 1. The van der Waals surface area contributed by atoms with Crippen molar-refractivity contribution in [3.63, 3.8) is 0 Å². The van der Waals surface area contributed by atoms with E-state index in [0.29, 0.717) is 5.92 Å². The Kier molecular flexibility index (Phi) is 4.82. The number of aryl methyl sites for hydroxylation is 1. The number of fused-ring (bicyclic) bond motifs is 1. The van der Waals surface area contributed by atoms with E-state index in [4.69, 9.17) is 0 Å². The van der Waals surface area contributed by atoms with Gasteiger partial charge in [0.25, 0.3) is 11.5 Å². The molecule has 146 valence electrons. The molecule has 0 radical (unpaired) electrons. The largest absolute Gasteiger partial charge is 0.347 e. The maximum absolute atomic E-state index is 13.0. The third-order valence-electron chi connectivity index (χ3n) is 7.02. The van der Waals surface area contributed by atoms with Crippen molar-refractivity contribution >= 4 is 11.8 Å². The molecule has 4 fully saturated rings. The van der Waals surface area contributed by atoms with Crippen LogP contribution in [-0.2, 0) is 11.8 Å². The fraction of sp³-hybridized carbons (Fsp3) is 0.667. The van der Waals surface area contributed by atoms with Crippen molar-refractivity contribution in [2.24, 2.45) is 24.8 Å². The molecule has 0 unspecified atom stereocenters. The summed E-state index contributed by atoms with van der Waals surface area (Å²) in [6.07, 6.45) is 8.14. The molecule has 2 saturated heterocycles. The SMILES string of the molecule is CCC1CCC(C(=O)N2C[C@@H]3C[C@H]2[C@@H]3NC(=O)c2cccn(C)c2=O)CC1. The van der Waals surface area contributed by atoms with Gasteiger partial charge in [0.2, 0.25) is 5.91 Å². The maximum atomic E-state index is 13.0. The van der Waals surface area contributed by atoms with E-state index in [0.717, 1.165) is 44.6 Å². The van der Waals surface area contributed by atoms with Crippen molar-refractivity contribution in [3.8, 4) is 0 Å². The molecular formula is C21H29N3O3. The van der Waals surface area contributed by atoms with Crippen LogP contribution in [0.5, 0.6) is 0 Å². The number of aromatic nitrogens is 1. The highest BCUT2D eigenvalue weighted by Crippen LogP contribution is 2.43. The van der Waals surface area contributed by atoms with Crippen molar-refractivity contribution in [3.05, 3.63) is 34.2 Å². The summed E-state index contributed by atoms with van der Waals surface area (Å²) >= 11 is 0. The minimum absolute atomic E-state index is 0.0154. The van der Waals surface area contributed by atoms with E-state index in [-0.39, 0.29) is 40.9 Å². The first-order chi connectivity index (χ1) is 13.0. The smallest absolute Gasteiger partial charge is 0.263 e. The van der Waals surface area contributed by atoms with Gasteiger partial charge in [-0.1, -0.05) is 13.3 Å². The molecule has 0 spiro atoms. The Hall–Kier alpha value is -2.11. The van der Waals surface area contributed by atoms with Crippen molar-refractivity contribution < 1.29 is 9.59 Å². The molecule has 0 aromatic carbocycles. The number of carbonyl (C=O) groups excluding carboxylic acids is 2. The van der Waals surface area contributed by atoms with E-state index in [9.17, 15) is 14.4 Å². The topological polar surface area (TPSA) is 71.4 Å². The molecular weight excluding hydrogens is 342 g/mol. The van der Waals surface area contributed by atoms with E-state index < -0.39 is 0 Å². The molecule has 2 amide bonds. The normalized spacial score (nSPS) is 32.1. The van der Waals surface area contributed by atoms with Gasteiger partial charge in [0.1, 0.15) is 5.56 Å². The molecule has 6 nitrogen and oxygen atoms in total. The van der Waals surface area contributed by atoms with E-state index in [1.54, 1.807) is 25.4 Å². The van der Waals surface area contributed by atoms with Crippen LogP contribution in [0.25, 0.3) is 0 Å². The third kappa shape index (κ3) is 3.19. The minimum Gasteiger partial charge on any atom is -0.347 e. The van der Waals surface area contributed by atoms with Crippen LogP contribution in [0.2, 0.25) is 0 Å². The lowest BCUT2D eigenvalue weighted by atomic mass is 9.79. The number of pyridine rings is 1. The molecule has 4 aliphatic rings. The molecule has 1 N–H and O–H groups in total. The van der Waals surface area contributed by atoms with Gasteiger partial charge >= 0.3 is 0 Å². The molecule has 2 aliphatic heterocycles. The van der Waals surface area contributed by atoms with E-state index >= 15 is 0 Å². The number of hydrogen-bond acceptors (Lipinski definition) is 3. The zero-order valence-corrected chi connectivity index (χ0v) is 16.2. The summed E-state index contributed by atoms with van der Waals surface area (Å²) in [6.45, 7) is 2.98. The monoisotopic (exact) mass is 371 g/mol. The highest BCUT2D eigenvalue weighted by molar-refractivity contribution is 5.94. The highest BCUT2D eigenvalue weighted by Gasteiger charge is 2.55. The van der Waals surface area contributed by atoms with Gasteiger partial charge in [0.15, 0.2) is 0 Å². The number of rotatable bonds is 4. The van der Waals surface area contributed by atoms with Crippen LogP contribution in [0.1, 0.15) is 55.8 Å². The quantitative estimate of drug-likeness (QED) is 0.879. The van der Waals surface area contributed by atoms with E-state index in [1.165, 1.54) is 11.0 Å². The number of nitrogens with zero attached hydrogens (tertiary/aromatic N) is 2. The Bertz CT molecular complexity index is 794. The Labute approximate surface area is 159 Å². The average Bonchev–Trinajstić information content (AvgIpc) is 3.27. The number of hydrogen-bond donors (Lipinski definition) is 1. The van der Waals surface area contributed by atoms with Gasteiger partial charge in [-0.15, -0.1) is 0 Å². The molecule has 1 aromatic rings. The summed E-state index contributed by atoms with van der Waals surface area (Å²) in [5.74, 6) is 1.22. The maximum Gasteiger partial charge on any atom is 0.263 e. The van der Waals surface area contributed by atoms with Gasteiger partial charge in [-0.05, 0) is 50.2 Å². The zero-order valence-electron chi connectivity index (χ0n) is 16.2. The second-order valence-electron chi connectivity index (χ2n) is 8.52. The summed E-state index contributed by atoms with van der Waals surface area (Å²) < 4.78 is 1.41. The van der Waals surface area contributed by atoms with Gasteiger partial charge in [-0.2, -0.15) is 0 Å². The van der Waals surface area contributed by atoms with Crippen molar-refractivity contribution in [1.82, 2.24) is 14.8 Å². The lowest BCUT2D eigenvalue weighted by Crippen LogP contribution is -2.56. The standard InChI is InChI=1S/C21H29N3O3/c1-3-13-6-8-14(9-7-13)20(26)24-12-15-11-17(24)18(15)22-19(25)16-5-4-10-23(2)21(16)27/h4-5,10,13-15,17-18H,3,6-9,11-12H2,1-2H3,(H,22,25)/t13?,14?,15-,17-,18+/m0/s1. The lowest BCUT2D eigenvalue weighted by molar-refractivity contribution is -0.137. The second-order valence-corrected chi connectivity index (χ2v) is 8.52. The molecule has 2 aliphatic carbocycles. The van der Waals surface area contributed by atoms with Gasteiger partial charge in [-0.25, -0.2) is 0 Å². The van der Waals surface area contributed by atoms with Gasteiger partial charge in [0.05, 0.1) is 12.1 Å². The number of carbonyl (C=O) groups is 2. The summed E-state index contributed by atoms with van der Waals surface area (Å²) in [5, 5.41) is 3.02. The Morgan fingerprint density at radius 3 is 2.67 bits per heavy atom. The number of amides is 2. The first-order valence-corrected chi connectivity index (χ1v) is 10.3. The van der Waals surface area contributed by atoms with E-state index in [1.807, 2.05) is 4.90 Å². The van der Waals surface area contributed by atoms with Crippen LogP contribution in [-0.4, -0.2) is 39.9 Å². The van der Waals surface area contributed by atoms with Crippen LogP contribution in [0.3, 0.4) is 0 Å². The first-order valence-electron chi connectivity index (χ1n) is 10.3. The molecule has 2 saturated carbocycles. The zero-order chi connectivity index (χ0) is 19.1. The minimum atomic E-state index is -0.325. The van der Waals surface area contributed by atoms with Crippen molar-refractivity contribution in [1.29, 1.82) is 0 Å². The van der Waals surface area contributed by atoms with Crippen LogP contribution < -0.4 is 10.9 Å². The molecule has 3 heterocycles. The van der Waals surface area contributed by atoms with Crippen molar-refractivity contribution in [2.45, 2.75) is 57.5 Å². The lowest BCUT2D eigenvalue weighted by Gasteiger charge is -2.38. The Morgan fingerprint density at radius 2 is 1.96 bits per heavy atom. The van der Waals surface area contributed by atoms with Crippen LogP contribution >= 0.6 is 0 Å². The van der Waals surface area contributed by atoms with Gasteiger partial charge in [0, 0.05) is 31.6 Å². The van der Waals surface area contributed by atoms with Crippen LogP contribution in [0.4, 0.5) is 0 Å². The summed E-state index contributed by atoms with van der Waals surface area (Å²) in [5.41, 5.74) is -0.121. The predicted molar refractivity (Wildman–Crippen MR) is 102 cm³/mol. The summed E-state index contributed by atoms with van der Waals surface area (Å²) in [6, 6.07) is 3.35. The summed E-state index contributed by atoms with van der Waals surface area (Å²) in [7, 11) is 1.64. The fourth-order valence-corrected chi connectivity index (χ4v) is 5.14. The van der Waals surface area contributed by atoms with Gasteiger partial charge in [-0.3, -0.25) is 14.4 Å². The van der Waals surface area contributed by atoms with E-state index in [2.05, 4.69) is 12.2 Å². The Morgan fingerprint density at radius 1 is 1.22 bits per heavy atom. The first kappa shape index (κ1) is 18.3. The van der Waals surface area contributed by atoms with Crippen LogP contribution in [0, 0.1) is 17.8 Å². The fourth-order valence-electron chi connectivity index (χ4n) is 5.14. The molecule has 5 rings (SSSR count). The molecule has 2 bridgehead atoms. The average molecular weight is 371 g/mol. The molecule has 27 heavy (non-hydrogen) atoms. The third-order valence-corrected chi connectivity index (χ3v) is 7.02. The molecule has 3 atom stereocenters. The van der Waals surface area contributed by atoms with Crippen molar-refractivity contribution in [2.75, 3.05) is 6.54 Å².